The molecule has 0 aliphatic rings. The normalized spacial score (nSPS) is 11.6. The molecule has 0 amide bonds. The number of rotatable bonds is 4. The Morgan fingerprint density at radius 3 is 2.57 bits per heavy atom. The lowest BCUT2D eigenvalue weighted by molar-refractivity contribution is 0.543. The highest BCUT2D eigenvalue weighted by Crippen LogP contribution is 2.18. The van der Waals surface area contributed by atoms with Crippen LogP contribution in [0, 0.1) is 18.6 Å². The molecule has 0 fully saturated rings. The van der Waals surface area contributed by atoms with Crippen molar-refractivity contribution in [2.24, 2.45) is 0 Å². The van der Waals surface area contributed by atoms with Gasteiger partial charge in [-0.2, -0.15) is 0 Å². The van der Waals surface area contributed by atoms with Gasteiger partial charge in [-0.15, -0.1) is 0 Å². The van der Waals surface area contributed by atoms with Gasteiger partial charge in [0.2, 0.25) is 10.0 Å². The monoisotopic (exact) mass is 312 g/mol. The molecule has 3 N–H and O–H groups in total. The standard InChI is InChI=1S/C14H14F2N2O2S/c1-9-10(3-2-4-13(9)17)8-18-21(19,20)14-6-5-11(15)7-12(14)16/h2-7,18H,8,17H2,1H3. The van der Waals surface area contributed by atoms with Crippen LogP contribution in [0.3, 0.4) is 0 Å². The zero-order valence-electron chi connectivity index (χ0n) is 11.2. The number of halogens is 2. The molecule has 0 aliphatic heterocycles. The van der Waals surface area contributed by atoms with Gasteiger partial charge >= 0.3 is 0 Å². The first kappa shape index (κ1) is 15.4. The summed E-state index contributed by atoms with van der Waals surface area (Å²) >= 11 is 0. The lowest BCUT2D eigenvalue weighted by Gasteiger charge is -2.11. The van der Waals surface area contributed by atoms with Gasteiger partial charge in [0, 0.05) is 18.3 Å². The number of benzene rings is 2. The number of nitrogens with one attached hydrogen (secondary N) is 1. The second-order valence-electron chi connectivity index (χ2n) is 4.53. The van der Waals surface area contributed by atoms with E-state index in [1.54, 1.807) is 25.1 Å². The number of hydrogen-bond donors (Lipinski definition) is 2. The van der Waals surface area contributed by atoms with Crippen LogP contribution in [0.2, 0.25) is 0 Å². The maximum atomic E-state index is 13.5. The maximum absolute atomic E-state index is 13.5. The second kappa shape index (κ2) is 5.79. The summed E-state index contributed by atoms with van der Waals surface area (Å²) in [4.78, 5) is -0.592. The van der Waals surface area contributed by atoms with Gasteiger partial charge < -0.3 is 5.73 Å². The number of nitrogens with two attached hydrogens (primary N) is 1. The van der Waals surface area contributed by atoms with Gasteiger partial charge in [-0.1, -0.05) is 12.1 Å². The topological polar surface area (TPSA) is 72.2 Å². The quantitative estimate of drug-likeness (QED) is 0.851. The van der Waals surface area contributed by atoms with E-state index >= 15 is 0 Å². The summed E-state index contributed by atoms with van der Waals surface area (Å²) in [6.07, 6.45) is 0. The van der Waals surface area contributed by atoms with E-state index in [2.05, 4.69) is 4.72 Å². The van der Waals surface area contributed by atoms with Crippen LogP contribution in [0.1, 0.15) is 11.1 Å². The first-order valence-corrected chi connectivity index (χ1v) is 7.58. The minimum Gasteiger partial charge on any atom is -0.399 e. The fraction of sp³-hybridized carbons (Fsp3) is 0.143. The Balaban J connectivity index is 2.24. The highest BCUT2D eigenvalue weighted by atomic mass is 32.2. The molecule has 0 bridgehead atoms. The molecule has 0 spiro atoms. The molecule has 0 heterocycles. The van der Waals surface area contributed by atoms with Crippen LogP contribution in [-0.2, 0) is 16.6 Å². The number of nitrogen functional groups attached to an aromatic ring is 1. The van der Waals surface area contributed by atoms with Crippen molar-refractivity contribution >= 4 is 15.7 Å². The highest BCUT2D eigenvalue weighted by molar-refractivity contribution is 7.89. The van der Waals surface area contributed by atoms with Crippen LogP contribution in [0.5, 0.6) is 0 Å². The van der Waals surface area contributed by atoms with Crippen molar-refractivity contribution in [3.8, 4) is 0 Å². The van der Waals surface area contributed by atoms with Gasteiger partial charge in [-0.25, -0.2) is 21.9 Å². The Morgan fingerprint density at radius 1 is 1.19 bits per heavy atom. The third-order valence-corrected chi connectivity index (χ3v) is 4.56. The third-order valence-electron chi connectivity index (χ3n) is 3.12. The third kappa shape index (κ3) is 3.37. The van der Waals surface area contributed by atoms with E-state index < -0.39 is 26.6 Å². The van der Waals surface area contributed by atoms with Gasteiger partial charge in [-0.3, -0.25) is 0 Å². The number of sulfonamides is 1. The summed E-state index contributed by atoms with van der Waals surface area (Å²) in [5.41, 5.74) is 7.71. The molecule has 0 atom stereocenters. The van der Waals surface area contributed by atoms with Crippen molar-refractivity contribution in [1.29, 1.82) is 0 Å². The van der Waals surface area contributed by atoms with Crippen molar-refractivity contribution in [3.63, 3.8) is 0 Å². The van der Waals surface area contributed by atoms with Crippen LogP contribution in [0.25, 0.3) is 0 Å². The summed E-state index contributed by atoms with van der Waals surface area (Å²) in [5, 5.41) is 0. The van der Waals surface area contributed by atoms with Crippen molar-refractivity contribution in [2.75, 3.05) is 5.73 Å². The molecule has 0 saturated heterocycles. The predicted octanol–water partition coefficient (Wildman–Crippen LogP) is 2.33. The summed E-state index contributed by atoms with van der Waals surface area (Å²) in [5.74, 6) is -1.97. The Kier molecular flexibility index (Phi) is 4.24. The first-order chi connectivity index (χ1) is 9.81. The molecule has 21 heavy (non-hydrogen) atoms. The van der Waals surface area contributed by atoms with Crippen LogP contribution in [0.4, 0.5) is 14.5 Å². The number of hydrogen-bond acceptors (Lipinski definition) is 3. The summed E-state index contributed by atoms with van der Waals surface area (Å²) in [6.45, 7) is 1.73. The van der Waals surface area contributed by atoms with Crippen molar-refractivity contribution < 1.29 is 17.2 Å². The molecule has 0 saturated carbocycles. The van der Waals surface area contributed by atoms with Gasteiger partial charge in [-0.05, 0) is 36.2 Å². The van der Waals surface area contributed by atoms with E-state index in [4.69, 9.17) is 5.73 Å². The Bertz CT molecular complexity index is 777. The lowest BCUT2D eigenvalue weighted by Crippen LogP contribution is -2.24. The number of anilines is 1. The minimum atomic E-state index is -4.07. The molecule has 2 aromatic rings. The van der Waals surface area contributed by atoms with E-state index in [0.717, 1.165) is 17.7 Å². The molecule has 4 nitrogen and oxygen atoms in total. The van der Waals surface area contributed by atoms with Gasteiger partial charge in [0.15, 0.2) is 0 Å². The fourth-order valence-electron chi connectivity index (χ4n) is 1.84. The lowest BCUT2D eigenvalue weighted by atomic mass is 10.1. The zero-order chi connectivity index (χ0) is 15.6. The maximum Gasteiger partial charge on any atom is 0.243 e. The predicted molar refractivity (Wildman–Crippen MR) is 76.0 cm³/mol. The summed E-state index contributed by atoms with van der Waals surface area (Å²) in [6, 6.07) is 7.43. The average Bonchev–Trinajstić information content (AvgIpc) is 2.40. The van der Waals surface area contributed by atoms with E-state index in [1.807, 2.05) is 0 Å². The van der Waals surface area contributed by atoms with Crippen molar-refractivity contribution in [1.82, 2.24) is 4.72 Å². The van der Waals surface area contributed by atoms with Crippen LogP contribution >= 0.6 is 0 Å². The molecular weight excluding hydrogens is 298 g/mol. The smallest absolute Gasteiger partial charge is 0.243 e. The molecule has 7 heteroatoms. The molecule has 0 unspecified atom stereocenters. The molecule has 0 radical (unpaired) electrons. The summed E-state index contributed by atoms with van der Waals surface area (Å²) in [7, 11) is -4.07. The van der Waals surface area contributed by atoms with E-state index in [-0.39, 0.29) is 6.54 Å². The molecule has 0 aliphatic carbocycles. The molecular formula is C14H14F2N2O2S. The van der Waals surface area contributed by atoms with Gasteiger partial charge in [0.05, 0.1) is 0 Å². The van der Waals surface area contributed by atoms with Crippen LogP contribution < -0.4 is 10.5 Å². The van der Waals surface area contributed by atoms with Crippen LogP contribution in [-0.4, -0.2) is 8.42 Å². The Morgan fingerprint density at radius 2 is 1.90 bits per heavy atom. The SMILES string of the molecule is Cc1c(N)cccc1CNS(=O)(=O)c1ccc(F)cc1F. The highest BCUT2D eigenvalue weighted by Gasteiger charge is 2.19. The van der Waals surface area contributed by atoms with Crippen molar-refractivity contribution in [3.05, 3.63) is 59.2 Å². The van der Waals surface area contributed by atoms with Gasteiger partial charge in [0.1, 0.15) is 16.5 Å². The van der Waals surface area contributed by atoms with E-state index in [1.165, 1.54) is 0 Å². The Labute approximate surface area is 121 Å². The van der Waals surface area contributed by atoms with Crippen LogP contribution in [0.15, 0.2) is 41.3 Å². The van der Waals surface area contributed by atoms with Gasteiger partial charge in [0.25, 0.3) is 0 Å². The average molecular weight is 312 g/mol. The largest absolute Gasteiger partial charge is 0.399 e. The van der Waals surface area contributed by atoms with E-state index in [9.17, 15) is 17.2 Å². The Hall–Kier alpha value is -1.99. The summed E-state index contributed by atoms with van der Waals surface area (Å²) < 4.78 is 52.7. The van der Waals surface area contributed by atoms with Crippen molar-refractivity contribution in [2.45, 2.75) is 18.4 Å². The molecule has 0 aromatic heterocycles. The minimum absolute atomic E-state index is 0.0317. The second-order valence-corrected chi connectivity index (χ2v) is 6.27. The first-order valence-electron chi connectivity index (χ1n) is 6.10. The van der Waals surface area contributed by atoms with E-state index in [0.29, 0.717) is 17.3 Å². The molecule has 112 valence electrons. The zero-order valence-corrected chi connectivity index (χ0v) is 12.0. The fourth-order valence-corrected chi connectivity index (χ4v) is 2.90. The molecule has 2 aromatic carbocycles. The molecule has 2 rings (SSSR count).